The van der Waals surface area contributed by atoms with Crippen LogP contribution in [-0.2, 0) is 10.2 Å². The molecule has 1 amide bonds. The van der Waals surface area contributed by atoms with Crippen LogP contribution in [0.2, 0.25) is 0 Å². The molecule has 2 bridgehead atoms. The molecule has 3 aromatic heterocycles. The zero-order valence-electron chi connectivity index (χ0n) is 19.1. The molecule has 4 saturated carbocycles. The smallest absolute Gasteiger partial charge is 0.274 e. The third-order valence-electron chi connectivity index (χ3n) is 7.28. The highest BCUT2D eigenvalue weighted by atomic mass is 16.5. The van der Waals surface area contributed by atoms with Gasteiger partial charge in [0.05, 0.1) is 23.0 Å². The number of amides is 1. The summed E-state index contributed by atoms with van der Waals surface area (Å²) in [5, 5.41) is 2.81. The summed E-state index contributed by atoms with van der Waals surface area (Å²) < 4.78 is 15.2. The fourth-order valence-corrected chi connectivity index (χ4v) is 5.41. The Kier molecular flexibility index (Phi) is 4.30. The summed E-state index contributed by atoms with van der Waals surface area (Å²) in [6.07, 6.45) is 10.4. The molecule has 0 aliphatic heterocycles. The van der Waals surface area contributed by atoms with E-state index in [-0.39, 0.29) is 40.3 Å². The van der Waals surface area contributed by atoms with Gasteiger partial charge < -0.3 is 23.8 Å². The van der Waals surface area contributed by atoms with Gasteiger partial charge in [-0.3, -0.25) is 9.59 Å². The van der Waals surface area contributed by atoms with Crippen LogP contribution >= 0.6 is 0 Å². The number of aromatic nitrogens is 3. The number of hydrogen-bond donors (Lipinski definition) is 1. The Bertz CT molecular complexity index is 1310. The highest BCUT2D eigenvalue weighted by molar-refractivity contribution is 6.06. The first kappa shape index (κ1) is 20.5. The maximum absolute atomic E-state index is 13.3. The summed E-state index contributed by atoms with van der Waals surface area (Å²) in [4.78, 5) is 30.9. The Balaban J connectivity index is 1.34. The van der Waals surface area contributed by atoms with Crippen molar-refractivity contribution < 1.29 is 14.3 Å². The number of imidazole rings is 1. The normalized spacial score (nSPS) is 25.6. The van der Waals surface area contributed by atoms with Gasteiger partial charge in [-0.1, -0.05) is 0 Å². The van der Waals surface area contributed by atoms with Crippen LogP contribution in [0.3, 0.4) is 0 Å². The minimum atomic E-state index is -0.378. The van der Waals surface area contributed by atoms with Gasteiger partial charge in [0.2, 0.25) is 0 Å². The van der Waals surface area contributed by atoms with Crippen LogP contribution in [0.5, 0.6) is 5.75 Å². The summed E-state index contributed by atoms with van der Waals surface area (Å²) in [6.45, 7) is 3.83. The van der Waals surface area contributed by atoms with Crippen molar-refractivity contribution in [2.75, 3.05) is 12.4 Å². The molecule has 33 heavy (non-hydrogen) atoms. The second-order valence-electron chi connectivity index (χ2n) is 10.1. The molecule has 0 radical (unpaired) electrons. The van der Waals surface area contributed by atoms with E-state index in [1.807, 2.05) is 30.5 Å². The van der Waals surface area contributed by atoms with Crippen LogP contribution in [-0.4, -0.2) is 38.7 Å². The molecule has 4 aliphatic carbocycles. The van der Waals surface area contributed by atoms with Gasteiger partial charge in [0, 0.05) is 43.2 Å². The maximum Gasteiger partial charge on any atom is 0.274 e. The predicted octanol–water partition coefficient (Wildman–Crippen LogP) is 3.69. The highest BCUT2D eigenvalue weighted by Crippen LogP contribution is 2.69. The molecular formula is C25H28N4O4. The fourth-order valence-electron chi connectivity index (χ4n) is 5.41. The SMILES string of the molecule is COC12CC(c3cn4cc(C(=O)Nc5cccn(C6CC6)c5=O)c(OC(C)C)cc4n3)(C1)C2. The highest BCUT2D eigenvalue weighted by Gasteiger charge is 2.70. The molecule has 7 rings (SSSR count). The van der Waals surface area contributed by atoms with Crippen LogP contribution in [0.4, 0.5) is 5.69 Å². The van der Waals surface area contributed by atoms with E-state index in [0.717, 1.165) is 43.4 Å². The van der Waals surface area contributed by atoms with E-state index in [4.69, 9.17) is 14.5 Å². The van der Waals surface area contributed by atoms with Crippen molar-refractivity contribution in [2.45, 2.75) is 69.1 Å². The van der Waals surface area contributed by atoms with E-state index in [2.05, 4.69) is 5.32 Å². The molecule has 0 spiro atoms. The first-order valence-electron chi connectivity index (χ1n) is 11.6. The number of nitrogens with zero attached hydrogens (tertiary/aromatic N) is 3. The van der Waals surface area contributed by atoms with Gasteiger partial charge in [-0.2, -0.15) is 0 Å². The van der Waals surface area contributed by atoms with Gasteiger partial charge in [-0.15, -0.1) is 0 Å². The molecule has 0 unspecified atom stereocenters. The second-order valence-corrected chi connectivity index (χ2v) is 10.1. The van der Waals surface area contributed by atoms with Gasteiger partial charge in [0.1, 0.15) is 17.1 Å². The summed E-state index contributed by atoms with van der Waals surface area (Å²) >= 11 is 0. The topological polar surface area (TPSA) is 86.9 Å². The van der Waals surface area contributed by atoms with Crippen molar-refractivity contribution in [2.24, 2.45) is 0 Å². The molecule has 1 N–H and O–H groups in total. The number of ether oxygens (including phenoxy) is 2. The maximum atomic E-state index is 13.3. The number of hydrogen-bond acceptors (Lipinski definition) is 5. The molecule has 0 atom stereocenters. The van der Waals surface area contributed by atoms with Crippen molar-refractivity contribution >= 4 is 17.2 Å². The lowest BCUT2D eigenvalue weighted by Crippen LogP contribution is -2.70. The molecule has 3 heterocycles. The Morgan fingerprint density at radius 3 is 2.67 bits per heavy atom. The van der Waals surface area contributed by atoms with Gasteiger partial charge in [0.15, 0.2) is 0 Å². The fraction of sp³-hybridized carbons (Fsp3) is 0.480. The van der Waals surface area contributed by atoms with Crippen LogP contribution in [0.25, 0.3) is 5.65 Å². The van der Waals surface area contributed by atoms with Crippen molar-refractivity contribution in [3.05, 3.63) is 58.4 Å². The number of carbonyl (C=O) groups excluding carboxylic acids is 1. The summed E-state index contributed by atoms with van der Waals surface area (Å²) in [6, 6.07) is 5.49. The van der Waals surface area contributed by atoms with E-state index in [0.29, 0.717) is 11.3 Å². The first-order valence-corrected chi connectivity index (χ1v) is 11.6. The Morgan fingerprint density at radius 1 is 1.24 bits per heavy atom. The molecule has 4 fully saturated rings. The number of anilines is 1. The molecule has 8 nitrogen and oxygen atoms in total. The van der Waals surface area contributed by atoms with E-state index >= 15 is 0 Å². The molecule has 172 valence electrons. The minimum absolute atomic E-state index is 0.0375. The predicted molar refractivity (Wildman–Crippen MR) is 123 cm³/mol. The summed E-state index contributed by atoms with van der Waals surface area (Å²) in [7, 11) is 1.78. The van der Waals surface area contributed by atoms with E-state index in [1.54, 1.807) is 36.2 Å². The first-order chi connectivity index (χ1) is 15.8. The van der Waals surface area contributed by atoms with Gasteiger partial charge in [-0.05, 0) is 58.1 Å². The van der Waals surface area contributed by atoms with Crippen molar-refractivity contribution in [3.8, 4) is 5.75 Å². The monoisotopic (exact) mass is 448 g/mol. The number of fused-ring (bicyclic) bond motifs is 1. The molecule has 0 aromatic carbocycles. The lowest BCUT2D eigenvalue weighted by Gasteiger charge is -2.68. The number of carbonyl (C=O) groups is 1. The number of pyridine rings is 2. The van der Waals surface area contributed by atoms with Crippen LogP contribution < -0.4 is 15.6 Å². The third kappa shape index (κ3) is 3.19. The van der Waals surface area contributed by atoms with Crippen LogP contribution in [0, 0.1) is 0 Å². The number of methoxy groups -OCH3 is 1. The third-order valence-corrected chi connectivity index (χ3v) is 7.28. The molecule has 0 saturated heterocycles. The zero-order chi connectivity index (χ0) is 23.0. The standard InChI is InChI=1S/C25H28N4O4/c1-15(2)33-19-9-21-27-20(24-12-25(13-24,14-24)32-3)11-28(21)10-17(19)22(30)26-18-5-4-8-29(23(18)31)16-6-7-16/h4-5,8-11,15-16H,6-7,12-14H2,1-3H3,(H,26,30). The average molecular weight is 449 g/mol. The molecule has 3 aromatic rings. The van der Waals surface area contributed by atoms with Crippen molar-refractivity contribution in [3.63, 3.8) is 0 Å². The average Bonchev–Trinajstić information content (AvgIpc) is 3.46. The lowest BCUT2D eigenvalue weighted by atomic mass is 9.40. The molecule has 4 aliphatic rings. The van der Waals surface area contributed by atoms with E-state index in [9.17, 15) is 9.59 Å². The largest absolute Gasteiger partial charge is 0.490 e. The minimum Gasteiger partial charge on any atom is -0.490 e. The van der Waals surface area contributed by atoms with E-state index < -0.39 is 0 Å². The van der Waals surface area contributed by atoms with Crippen molar-refractivity contribution in [1.82, 2.24) is 14.0 Å². The molecular weight excluding hydrogens is 420 g/mol. The van der Waals surface area contributed by atoms with Gasteiger partial charge in [0.25, 0.3) is 11.5 Å². The number of rotatable bonds is 7. The quantitative estimate of drug-likeness (QED) is 0.596. The van der Waals surface area contributed by atoms with Crippen LogP contribution in [0.1, 0.15) is 68.0 Å². The second kappa shape index (κ2) is 6.93. The lowest BCUT2D eigenvalue weighted by molar-refractivity contribution is -0.233. The van der Waals surface area contributed by atoms with Crippen molar-refractivity contribution in [1.29, 1.82) is 0 Å². The summed E-state index contributed by atoms with van der Waals surface area (Å²) in [5.74, 6) is 0.0776. The van der Waals surface area contributed by atoms with E-state index in [1.165, 1.54) is 0 Å². The number of nitrogens with one attached hydrogen (secondary N) is 1. The Labute approximate surface area is 191 Å². The summed E-state index contributed by atoms with van der Waals surface area (Å²) in [5.41, 5.74) is 2.36. The van der Waals surface area contributed by atoms with Gasteiger partial charge in [-0.25, -0.2) is 4.98 Å². The van der Waals surface area contributed by atoms with Crippen LogP contribution in [0.15, 0.2) is 41.6 Å². The molecule has 8 heteroatoms. The Morgan fingerprint density at radius 2 is 2.00 bits per heavy atom. The Hall–Kier alpha value is -3.13. The zero-order valence-corrected chi connectivity index (χ0v) is 19.1. The van der Waals surface area contributed by atoms with Gasteiger partial charge >= 0.3 is 0 Å².